The fourth-order valence-corrected chi connectivity index (χ4v) is 9.06. The van der Waals surface area contributed by atoms with Crippen LogP contribution in [0.25, 0.3) is 11.2 Å². The summed E-state index contributed by atoms with van der Waals surface area (Å²) in [6, 6.07) is -0.281. The third-order valence-electron chi connectivity index (χ3n) is 8.82. The summed E-state index contributed by atoms with van der Waals surface area (Å²) in [6.45, 7) is 7.11. The molecule has 3 aromatic rings. The van der Waals surface area contributed by atoms with Crippen molar-refractivity contribution in [2.24, 2.45) is 0 Å². The van der Waals surface area contributed by atoms with E-state index in [0.29, 0.717) is 0 Å². The quantitative estimate of drug-likeness (QED) is 0.0544. The summed E-state index contributed by atoms with van der Waals surface area (Å²) in [7, 11) is -10.1. The zero-order chi connectivity index (χ0) is 43.4. The van der Waals surface area contributed by atoms with Gasteiger partial charge in [0.05, 0.1) is 31.3 Å². The molecule has 0 saturated carbocycles. The van der Waals surface area contributed by atoms with Gasteiger partial charge in [0.1, 0.15) is 42.1 Å². The second-order valence-corrected chi connectivity index (χ2v) is 19.6. The molecule has 2 saturated heterocycles. The van der Waals surface area contributed by atoms with Crippen molar-refractivity contribution in [2.45, 2.75) is 99.8 Å². The molecule has 0 radical (unpaired) electrons. The fourth-order valence-electron chi connectivity index (χ4n) is 6.22. The van der Waals surface area contributed by atoms with E-state index in [-0.39, 0.29) is 35.6 Å². The molecule has 2 aliphatic rings. The summed E-state index contributed by atoms with van der Waals surface area (Å²) >= 11 is 0.930. The predicted octanol–water partition coefficient (Wildman–Crippen LogP) is 0.285. The summed E-state index contributed by atoms with van der Waals surface area (Å²) in [5.41, 5.74) is 9.25. The van der Waals surface area contributed by atoms with Crippen molar-refractivity contribution in [3.63, 3.8) is 0 Å². The number of nitrogens with one attached hydrogen (secondary N) is 1. The van der Waals surface area contributed by atoms with E-state index < -0.39 is 117 Å². The number of nitrogens with two attached hydrogens (primary N) is 2. The number of fused-ring (bicyclic) bond motifs is 1. The van der Waals surface area contributed by atoms with Gasteiger partial charge in [-0.2, -0.15) is 4.98 Å². The zero-order valence-electron chi connectivity index (χ0n) is 31.9. The van der Waals surface area contributed by atoms with Gasteiger partial charge in [-0.1, -0.05) is 38.6 Å². The van der Waals surface area contributed by atoms with Crippen LogP contribution in [0.5, 0.6) is 0 Å². The Labute approximate surface area is 339 Å². The first kappa shape index (κ1) is 45.9. The number of amides is 1. The number of anilines is 2. The van der Waals surface area contributed by atoms with Crippen LogP contribution in [0.3, 0.4) is 0 Å². The molecule has 27 heteroatoms. The number of nitrogens with zero attached hydrogens (tertiary/aromatic N) is 6. The number of esters is 1. The highest BCUT2D eigenvalue weighted by molar-refractivity contribution is 8.14. The molecule has 5 heterocycles. The van der Waals surface area contributed by atoms with Gasteiger partial charge in [0.2, 0.25) is 5.91 Å². The van der Waals surface area contributed by atoms with Crippen molar-refractivity contribution >= 4 is 67.0 Å². The van der Waals surface area contributed by atoms with Gasteiger partial charge in [0, 0.05) is 30.2 Å². The van der Waals surface area contributed by atoms with Crippen molar-refractivity contribution in [3.05, 3.63) is 48.1 Å². The van der Waals surface area contributed by atoms with Crippen LogP contribution in [0.1, 0.15) is 58.9 Å². The number of hydrogen-bond donors (Lipinski definition) is 7. The molecule has 0 bridgehead atoms. The number of thioether (sulfide) groups is 1. The van der Waals surface area contributed by atoms with Crippen molar-refractivity contribution in [1.82, 2.24) is 34.4 Å². The molecule has 0 spiro atoms. The van der Waals surface area contributed by atoms with E-state index in [1.807, 2.05) is 0 Å². The molecule has 1 amide bonds. The van der Waals surface area contributed by atoms with Crippen molar-refractivity contribution in [1.29, 1.82) is 0 Å². The number of carbonyl (C=O) groups excluding carboxylic acids is 3. The lowest BCUT2D eigenvalue weighted by Crippen LogP contribution is -2.47. The van der Waals surface area contributed by atoms with E-state index >= 15 is 0 Å². The topological polar surface area (TPSA) is 355 Å². The summed E-state index contributed by atoms with van der Waals surface area (Å²) < 4.78 is 54.9. The molecule has 2 aliphatic heterocycles. The lowest BCUT2D eigenvalue weighted by Gasteiger charge is -2.27. The van der Waals surface area contributed by atoms with E-state index in [1.54, 1.807) is 20.8 Å². The number of aliphatic hydroxyl groups is 1. The van der Waals surface area contributed by atoms with Gasteiger partial charge >= 0.3 is 27.1 Å². The van der Waals surface area contributed by atoms with Gasteiger partial charge < -0.3 is 55.3 Å². The molecule has 59 heavy (non-hydrogen) atoms. The Hall–Kier alpha value is -4.13. The molecule has 3 aromatic heterocycles. The highest BCUT2D eigenvalue weighted by Gasteiger charge is 2.52. The highest BCUT2D eigenvalue weighted by Crippen LogP contribution is 2.56. The van der Waals surface area contributed by atoms with Crippen molar-refractivity contribution in [2.75, 3.05) is 24.7 Å². The molecule has 0 aliphatic carbocycles. The molecule has 0 aromatic carbocycles. The van der Waals surface area contributed by atoms with Gasteiger partial charge in [-0.25, -0.2) is 29.1 Å². The number of allylic oxidation sites excluding steroid dienone is 1. The Morgan fingerprint density at radius 3 is 2.47 bits per heavy atom. The van der Waals surface area contributed by atoms with E-state index in [4.69, 9.17) is 30.2 Å². The average Bonchev–Trinajstić information content (AvgIpc) is 3.84. The third kappa shape index (κ3) is 11.8. The highest BCUT2D eigenvalue weighted by atomic mass is 32.2. The summed E-state index contributed by atoms with van der Waals surface area (Å²) in [4.78, 5) is 98.1. The molecular formula is C32H45N9O15P2S. The molecule has 2 fully saturated rings. The number of carbonyl (C=O) groups is 3. The molecule has 24 nitrogen and oxygen atoms in total. The maximum absolute atomic E-state index is 14.0. The number of phosphoric ester groups is 1. The first-order valence-electron chi connectivity index (χ1n) is 17.8. The van der Waals surface area contributed by atoms with E-state index in [0.717, 1.165) is 22.7 Å². The number of aliphatic hydroxyl groups excluding tert-OH is 1. The van der Waals surface area contributed by atoms with Gasteiger partial charge in [0.25, 0.3) is 0 Å². The van der Waals surface area contributed by atoms with Gasteiger partial charge in [0.15, 0.2) is 28.9 Å². The molecule has 5 rings (SSSR count). The largest absolute Gasteiger partial charge is 0.469 e. The number of imidazole rings is 1. The van der Waals surface area contributed by atoms with Crippen LogP contribution < -0.4 is 22.5 Å². The molecule has 9 N–H and O–H groups in total. The van der Waals surface area contributed by atoms with Crippen LogP contribution in [0.4, 0.5) is 11.6 Å². The predicted molar refractivity (Wildman–Crippen MR) is 207 cm³/mol. The van der Waals surface area contributed by atoms with Crippen LogP contribution in [-0.2, 0) is 46.8 Å². The number of hydrogen-bond acceptors (Lipinski definition) is 19. The van der Waals surface area contributed by atoms with Crippen molar-refractivity contribution < 1.29 is 66.6 Å². The summed E-state index contributed by atoms with van der Waals surface area (Å²) in [6.07, 6.45) is -5.03. The number of aromatic nitrogens is 6. The van der Waals surface area contributed by atoms with Crippen LogP contribution >= 0.6 is 27.2 Å². The number of rotatable bonds is 17. The van der Waals surface area contributed by atoms with Crippen LogP contribution in [0.15, 0.2) is 42.4 Å². The zero-order valence-corrected chi connectivity index (χ0v) is 34.5. The third-order valence-corrected chi connectivity index (χ3v) is 12.2. The first-order valence-corrected chi connectivity index (χ1v) is 21.8. The van der Waals surface area contributed by atoms with Crippen LogP contribution in [0.2, 0.25) is 0 Å². The van der Waals surface area contributed by atoms with Gasteiger partial charge in [-0.3, -0.25) is 27.8 Å². The standard InChI is InChI=1S/C32H45N9O15P2S/c1-5-6-7-21(42)38-16(10-23(43)59-32(2,3)4)30(45)56-26-18(55-29(25(26)44)41-15-37-24-27(34)35-14-36-28(24)41)13-52-57(47,48)19-11-22(40-9-8-20(33)39-31(40)46)54-17(19)12-53-58(49,50)51/h5,8-9,14-19,22,25-26,29,44H,1,6-7,10-13H2,2-4H3,(H,38,42)(H,47,48)(H2,33,39,46)(H2,34,35,36)(H2,49,50,51)/t16-,17+,18?,19-,22+,25+,26+,29+/m0/s1. The number of ether oxygens (including phenoxy) is 3. The smallest absolute Gasteiger partial charge is 0.455 e. The fraction of sp³-hybridized carbons (Fsp3) is 0.562. The number of nitrogen functional groups attached to an aromatic ring is 2. The maximum atomic E-state index is 14.0. The summed E-state index contributed by atoms with van der Waals surface area (Å²) in [5.74, 6) is -1.89. The Morgan fingerprint density at radius 1 is 1.10 bits per heavy atom. The first-order chi connectivity index (χ1) is 27.6. The van der Waals surface area contributed by atoms with E-state index in [1.165, 1.54) is 29.2 Å². The Morgan fingerprint density at radius 2 is 1.81 bits per heavy atom. The van der Waals surface area contributed by atoms with Crippen LogP contribution in [-0.4, -0.2) is 120 Å². The van der Waals surface area contributed by atoms with Gasteiger partial charge in [-0.15, -0.1) is 6.58 Å². The molecular weight excluding hydrogens is 844 g/mol. The minimum Gasteiger partial charge on any atom is -0.455 e. The average molecular weight is 890 g/mol. The monoisotopic (exact) mass is 889 g/mol. The Kier molecular flexibility index (Phi) is 14.5. The maximum Gasteiger partial charge on any atom is 0.469 e. The lowest BCUT2D eigenvalue weighted by molar-refractivity contribution is -0.160. The molecule has 324 valence electrons. The molecule has 2 unspecified atom stereocenters. The lowest BCUT2D eigenvalue weighted by atomic mass is 10.1. The van der Waals surface area contributed by atoms with E-state index in [2.05, 4.69) is 36.4 Å². The molecule has 9 atom stereocenters. The Bertz CT molecular complexity index is 2200. The second kappa shape index (κ2) is 18.6. The van der Waals surface area contributed by atoms with E-state index in [9.17, 15) is 48.1 Å². The minimum absolute atomic E-state index is 0.00969. The second-order valence-electron chi connectivity index (χ2n) is 14.4. The SMILES string of the molecule is C=CCCC(=O)N[C@@H](CC(=O)SC(C)(C)C)C(=O)O[C@@H]1C(COP(=O)(O)[C@H]2C[C@H](n3ccc(N)nc3=O)O[C@@H]2COP(=O)(O)O)O[C@@H](n2cnc3c(N)ncnc32)[C@@H]1O. The summed E-state index contributed by atoms with van der Waals surface area (Å²) in [5, 5.41) is 13.7. The Balaban J connectivity index is 1.43. The normalized spacial score (nSPS) is 25.0. The minimum atomic E-state index is -5.12. The van der Waals surface area contributed by atoms with Crippen LogP contribution in [0, 0.1) is 0 Å². The number of phosphoric acid groups is 1. The van der Waals surface area contributed by atoms with Gasteiger partial charge in [-0.05, 0) is 12.5 Å². The van der Waals surface area contributed by atoms with Crippen molar-refractivity contribution in [3.8, 4) is 0 Å².